The molecule has 0 aromatic carbocycles. The molecular weight excluding hydrogens is 264 g/mol. The topological polar surface area (TPSA) is 69.7 Å². The van der Waals surface area contributed by atoms with Crippen LogP contribution in [-0.4, -0.2) is 39.8 Å². The summed E-state index contributed by atoms with van der Waals surface area (Å²) in [5.41, 5.74) is 0.829. The largest absolute Gasteiger partial charge is 0.355 e. The second-order valence-electron chi connectivity index (χ2n) is 6.29. The van der Waals surface area contributed by atoms with Crippen LogP contribution in [0.15, 0.2) is 6.20 Å². The first kappa shape index (κ1) is 12.9. The Morgan fingerprint density at radius 3 is 2.86 bits per heavy atom. The molecule has 2 atom stereocenters. The van der Waals surface area contributed by atoms with Gasteiger partial charge < -0.3 is 10.2 Å². The lowest BCUT2D eigenvalue weighted by Crippen LogP contribution is -2.23. The number of hydrogen-bond acceptors (Lipinski definition) is 5. The highest BCUT2D eigenvalue weighted by molar-refractivity contribution is 5.87. The van der Waals surface area contributed by atoms with Gasteiger partial charge in [-0.3, -0.25) is 5.10 Å². The van der Waals surface area contributed by atoms with Crippen molar-refractivity contribution in [3.8, 4) is 0 Å². The summed E-state index contributed by atoms with van der Waals surface area (Å²) in [4.78, 5) is 11.7. The van der Waals surface area contributed by atoms with Crippen LogP contribution in [0.1, 0.15) is 32.6 Å². The van der Waals surface area contributed by atoms with Gasteiger partial charge in [0.05, 0.1) is 11.6 Å². The van der Waals surface area contributed by atoms with Crippen molar-refractivity contribution in [2.24, 2.45) is 11.8 Å². The van der Waals surface area contributed by atoms with Crippen molar-refractivity contribution in [3.63, 3.8) is 0 Å². The smallest absolute Gasteiger partial charge is 0.226 e. The molecule has 2 unspecified atom stereocenters. The highest BCUT2D eigenvalue weighted by Crippen LogP contribution is 2.40. The van der Waals surface area contributed by atoms with Gasteiger partial charge in [-0.15, -0.1) is 0 Å². The number of anilines is 2. The molecule has 1 saturated carbocycles. The third-order valence-corrected chi connectivity index (χ3v) is 4.85. The maximum atomic E-state index is 4.76. The first-order chi connectivity index (χ1) is 10.3. The van der Waals surface area contributed by atoms with E-state index in [0.717, 1.165) is 54.7 Å². The Labute approximate surface area is 124 Å². The van der Waals surface area contributed by atoms with E-state index in [1.54, 1.807) is 0 Å². The monoisotopic (exact) mass is 286 g/mol. The Morgan fingerprint density at radius 2 is 2.10 bits per heavy atom. The Kier molecular flexibility index (Phi) is 3.16. The van der Waals surface area contributed by atoms with Crippen LogP contribution in [0, 0.1) is 11.8 Å². The molecule has 4 rings (SSSR count). The van der Waals surface area contributed by atoms with Crippen LogP contribution in [0.2, 0.25) is 0 Å². The average molecular weight is 286 g/mol. The molecule has 1 aliphatic carbocycles. The fourth-order valence-electron chi connectivity index (χ4n) is 3.78. The summed E-state index contributed by atoms with van der Waals surface area (Å²) in [5, 5.41) is 11.5. The Balaban J connectivity index is 1.68. The Hall–Kier alpha value is -1.85. The summed E-state index contributed by atoms with van der Waals surface area (Å²) >= 11 is 0. The van der Waals surface area contributed by atoms with Crippen molar-refractivity contribution in [2.75, 3.05) is 29.9 Å². The van der Waals surface area contributed by atoms with Gasteiger partial charge in [0, 0.05) is 19.6 Å². The third kappa shape index (κ3) is 2.22. The van der Waals surface area contributed by atoms with E-state index < -0.39 is 0 Å². The van der Waals surface area contributed by atoms with Gasteiger partial charge in [0.2, 0.25) is 5.95 Å². The number of aromatic nitrogens is 4. The quantitative estimate of drug-likeness (QED) is 0.903. The molecule has 6 nitrogen and oxygen atoms in total. The third-order valence-electron chi connectivity index (χ3n) is 4.85. The van der Waals surface area contributed by atoms with Crippen molar-refractivity contribution >= 4 is 22.8 Å². The standard InChI is InChI=1S/C15H22N6/c1-2-6-16-15-18-13-12(7-17-20-13)14(19-15)21-8-10-4-3-5-11(10)9-21/h7,10-11H,2-6,8-9H2,1H3,(H2,16,17,18,19,20). The second kappa shape index (κ2) is 5.16. The van der Waals surface area contributed by atoms with E-state index >= 15 is 0 Å². The minimum absolute atomic E-state index is 0.709. The molecule has 21 heavy (non-hydrogen) atoms. The van der Waals surface area contributed by atoms with Crippen LogP contribution in [0.3, 0.4) is 0 Å². The number of H-pyrrole nitrogens is 1. The second-order valence-corrected chi connectivity index (χ2v) is 6.29. The van der Waals surface area contributed by atoms with Crippen LogP contribution in [0.25, 0.3) is 11.0 Å². The molecule has 2 N–H and O–H groups in total. The van der Waals surface area contributed by atoms with Crippen molar-refractivity contribution in [1.29, 1.82) is 0 Å². The van der Waals surface area contributed by atoms with E-state index in [4.69, 9.17) is 4.98 Å². The molecule has 6 heteroatoms. The van der Waals surface area contributed by atoms with Crippen molar-refractivity contribution in [2.45, 2.75) is 32.6 Å². The molecule has 112 valence electrons. The number of nitrogens with one attached hydrogen (secondary N) is 2. The van der Waals surface area contributed by atoms with Gasteiger partial charge in [-0.05, 0) is 31.1 Å². The van der Waals surface area contributed by atoms with Gasteiger partial charge in [-0.2, -0.15) is 15.1 Å². The van der Waals surface area contributed by atoms with Crippen LogP contribution >= 0.6 is 0 Å². The fourth-order valence-corrected chi connectivity index (χ4v) is 3.78. The molecule has 0 amide bonds. The number of aromatic amines is 1. The van der Waals surface area contributed by atoms with E-state index in [1.165, 1.54) is 19.3 Å². The SMILES string of the molecule is CCCNc1nc(N2CC3CCCC3C2)c2cn[nH]c2n1. The highest BCUT2D eigenvalue weighted by Gasteiger charge is 2.37. The molecule has 2 fully saturated rings. The molecule has 0 spiro atoms. The summed E-state index contributed by atoms with van der Waals surface area (Å²) in [6, 6.07) is 0. The summed E-state index contributed by atoms with van der Waals surface area (Å²) < 4.78 is 0. The van der Waals surface area contributed by atoms with Gasteiger partial charge >= 0.3 is 0 Å². The lowest BCUT2D eigenvalue weighted by Gasteiger charge is -2.19. The molecule has 1 aliphatic heterocycles. The predicted octanol–water partition coefficient (Wildman–Crippen LogP) is 2.41. The van der Waals surface area contributed by atoms with E-state index in [1.807, 2.05) is 6.20 Å². The number of rotatable bonds is 4. The van der Waals surface area contributed by atoms with E-state index in [-0.39, 0.29) is 0 Å². The van der Waals surface area contributed by atoms with E-state index in [9.17, 15) is 0 Å². The lowest BCUT2D eigenvalue weighted by molar-refractivity contribution is 0.494. The van der Waals surface area contributed by atoms with Crippen LogP contribution in [0.5, 0.6) is 0 Å². The normalized spacial score (nSPS) is 24.7. The summed E-state index contributed by atoms with van der Waals surface area (Å²) in [6.45, 7) is 5.30. The van der Waals surface area contributed by atoms with Crippen molar-refractivity contribution in [3.05, 3.63) is 6.20 Å². The summed E-state index contributed by atoms with van der Waals surface area (Å²) in [5.74, 6) is 3.46. The van der Waals surface area contributed by atoms with Crippen molar-refractivity contribution in [1.82, 2.24) is 20.2 Å². The van der Waals surface area contributed by atoms with Gasteiger partial charge in [0.25, 0.3) is 0 Å². The highest BCUT2D eigenvalue weighted by atomic mass is 15.3. The number of nitrogens with zero attached hydrogens (tertiary/aromatic N) is 4. The van der Waals surface area contributed by atoms with E-state index in [2.05, 4.69) is 32.3 Å². The summed E-state index contributed by atoms with van der Waals surface area (Å²) in [6.07, 6.45) is 7.07. The zero-order chi connectivity index (χ0) is 14.2. The molecule has 3 heterocycles. The Bertz CT molecular complexity index is 624. The zero-order valence-electron chi connectivity index (χ0n) is 12.5. The van der Waals surface area contributed by atoms with Crippen LogP contribution in [0.4, 0.5) is 11.8 Å². The van der Waals surface area contributed by atoms with E-state index in [0.29, 0.717) is 5.95 Å². The van der Waals surface area contributed by atoms with Gasteiger partial charge in [-0.25, -0.2) is 0 Å². The molecule has 2 aromatic heterocycles. The fraction of sp³-hybridized carbons (Fsp3) is 0.667. The van der Waals surface area contributed by atoms with Crippen molar-refractivity contribution < 1.29 is 0 Å². The maximum Gasteiger partial charge on any atom is 0.226 e. The molecule has 2 aromatic rings. The minimum Gasteiger partial charge on any atom is -0.355 e. The summed E-state index contributed by atoms with van der Waals surface area (Å²) in [7, 11) is 0. The maximum absolute atomic E-state index is 4.76. The first-order valence-electron chi connectivity index (χ1n) is 8.05. The molecule has 2 aliphatic rings. The zero-order valence-corrected chi connectivity index (χ0v) is 12.5. The number of hydrogen-bond donors (Lipinski definition) is 2. The molecule has 0 bridgehead atoms. The average Bonchev–Trinajstić information content (AvgIpc) is 3.18. The van der Waals surface area contributed by atoms with Crippen LogP contribution in [-0.2, 0) is 0 Å². The first-order valence-corrected chi connectivity index (χ1v) is 8.05. The molecule has 1 saturated heterocycles. The minimum atomic E-state index is 0.709. The van der Waals surface area contributed by atoms with Gasteiger partial charge in [0.1, 0.15) is 5.82 Å². The predicted molar refractivity (Wildman–Crippen MR) is 83.5 cm³/mol. The Morgan fingerprint density at radius 1 is 1.29 bits per heavy atom. The van der Waals surface area contributed by atoms with Gasteiger partial charge in [0.15, 0.2) is 5.65 Å². The van der Waals surface area contributed by atoms with Gasteiger partial charge in [-0.1, -0.05) is 13.3 Å². The van der Waals surface area contributed by atoms with Crippen LogP contribution < -0.4 is 10.2 Å². The lowest BCUT2D eigenvalue weighted by atomic mass is 10.0. The molecule has 0 radical (unpaired) electrons. The number of fused-ring (bicyclic) bond motifs is 2. The molecular formula is C15H22N6.